The number of nitrogens with one attached hydrogen (secondary N) is 2. The second kappa shape index (κ2) is 8.98. The molecule has 0 amide bonds. The number of benzene rings is 1. The first-order chi connectivity index (χ1) is 14.4. The predicted octanol–water partition coefficient (Wildman–Crippen LogP) is 5.17. The molecular weight excluding hydrogens is 447 g/mol. The Balaban J connectivity index is 1.80. The summed E-state index contributed by atoms with van der Waals surface area (Å²) in [6.45, 7) is 1.39. The van der Waals surface area contributed by atoms with Gasteiger partial charge in [0.25, 0.3) is 5.56 Å². The third-order valence-electron chi connectivity index (χ3n) is 5.23. The lowest BCUT2D eigenvalue weighted by Crippen LogP contribution is -2.35. The number of piperidine rings is 1. The molecule has 3 N–H and O–H groups in total. The Morgan fingerprint density at radius 3 is 2.77 bits per heavy atom. The van der Waals surface area contributed by atoms with Crippen LogP contribution in [0, 0.1) is 0 Å². The maximum atomic E-state index is 12.9. The highest BCUT2D eigenvalue weighted by molar-refractivity contribution is 7.19. The smallest absolute Gasteiger partial charge is 0.337 e. The van der Waals surface area contributed by atoms with E-state index in [9.17, 15) is 14.7 Å². The van der Waals surface area contributed by atoms with E-state index in [2.05, 4.69) is 10.3 Å². The van der Waals surface area contributed by atoms with Crippen molar-refractivity contribution in [2.45, 2.75) is 31.7 Å². The number of carbonyl (C=O) groups is 1. The van der Waals surface area contributed by atoms with Gasteiger partial charge in [0.05, 0.1) is 32.6 Å². The van der Waals surface area contributed by atoms with Crippen molar-refractivity contribution in [3.63, 3.8) is 0 Å². The molecule has 3 aromatic rings. The Morgan fingerprint density at radius 1 is 1.27 bits per heavy atom. The number of fused-ring (bicyclic) bond motifs is 1. The van der Waals surface area contributed by atoms with Crippen molar-refractivity contribution in [3.05, 3.63) is 49.5 Å². The van der Waals surface area contributed by atoms with Crippen LogP contribution in [0.15, 0.2) is 29.1 Å². The molecule has 0 spiro atoms. The average Bonchev–Trinajstić information content (AvgIpc) is 3.13. The molecule has 3 heterocycles. The first-order valence-electron chi connectivity index (χ1n) is 9.68. The normalized spacial score (nSPS) is 16.7. The summed E-state index contributed by atoms with van der Waals surface area (Å²) in [5, 5.41) is 13.5. The van der Waals surface area contributed by atoms with Crippen molar-refractivity contribution in [1.82, 2.24) is 10.3 Å². The van der Waals surface area contributed by atoms with Gasteiger partial charge in [-0.25, -0.2) is 4.79 Å². The highest BCUT2D eigenvalue weighted by atomic mass is 35.5. The molecule has 1 aliphatic rings. The monoisotopic (exact) mass is 466 g/mol. The summed E-state index contributed by atoms with van der Waals surface area (Å²) in [6.07, 6.45) is 4.24. The number of H-pyrrole nitrogens is 1. The Hall–Kier alpha value is -2.06. The van der Waals surface area contributed by atoms with E-state index in [0.717, 1.165) is 19.4 Å². The molecule has 4 rings (SSSR count). The Kier molecular flexibility index (Phi) is 6.34. The summed E-state index contributed by atoms with van der Waals surface area (Å²) in [6, 6.07) is 6.74. The van der Waals surface area contributed by atoms with Crippen molar-refractivity contribution in [2.24, 2.45) is 0 Å². The number of ether oxygens (including phenoxy) is 1. The number of rotatable bonds is 6. The van der Waals surface area contributed by atoms with Crippen molar-refractivity contribution < 1.29 is 14.6 Å². The first-order valence-corrected chi connectivity index (χ1v) is 11.3. The van der Waals surface area contributed by atoms with Gasteiger partial charge in [-0.15, -0.1) is 11.3 Å². The fraction of sp³-hybridized carbons (Fsp3) is 0.333. The number of carboxylic acid groups (broad SMARTS) is 1. The molecule has 2 aromatic heterocycles. The van der Waals surface area contributed by atoms with Gasteiger partial charge in [0.2, 0.25) is 0 Å². The second-order valence-electron chi connectivity index (χ2n) is 7.23. The summed E-state index contributed by atoms with van der Waals surface area (Å²) in [5.41, 5.74) is 0.373. The zero-order valence-electron chi connectivity index (χ0n) is 16.0. The minimum atomic E-state index is -1.15. The van der Waals surface area contributed by atoms with E-state index < -0.39 is 5.97 Å². The largest absolute Gasteiger partial charge is 0.492 e. The highest BCUT2D eigenvalue weighted by Crippen LogP contribution is 2.39. The Morgan fingerprint density at radius 2 is 2.10 bits per heavy atom. The highest BCUT2D eigenvalue weighted by Gasteiger charge is 2.21. The molecule has 6 nitrogen and oxygen atoms in total. The molecule has 1 atom stereocenters. The maximum absolute atomic E-state index is 12.9. The molecule has 0 saturated carbocycles. The van der Waals surface area contributed by atoms with Gasteiger partial charge in [0.15, 0.2) is 0 Å². The number of aromatic carboxylic acids is 1. The van der Waals surface area contributed by atoms with E-state index in [1.807, 2.05) is 0 Å². The van der Waals surface area contributed by atoms with Crippen LogP contribution in [0.2, 0.25) is 9.36 Å². The quantitative estimate of drug-likeness (QED) is 0.465. The number of aromatic nitrogens is 1. The van der Waals surface area contributed by atoms with E-state index in [1.54, 1.807) is 12.1 Å². The number of aromatic amines is 1. The number of hydrogen-bond donors (Lipinski definition) is 3. The van der Waals surface area contributed by atoms with Gasteiger partial charge in [0, 0.05) is 16.3 Å². The third-order valence-corrected chi connectivity index (χ3v) is 6.79. The molecule has 1 unspecified atom stereocenters. The minimum Gasteiger partial charge on any atom is -0.492 e. The first kappa shape index (κ1) is 21.2. The minimum absolute atomic E-state index is 0.0508. The van der Waals surface area contributed by atoms with Crippen LogP contribution in [0.3, 0.4) is 0 Å². The van der Waals surface area contributed by atoms with Crippen molar-refractivity contribution >= 4 is 51.4 Å². The molecule has 9 heteroatoms. The standard InChI is InChI=1S/C21H20Cl2N2O4S/c22-14-10-15-13(9-12(14)21(27)28)19(29-8-6-11-3-1-2-7-24-11)18(20(26)25-15)16-4-5-17(23)30-16/h4-5,9-11,24H,1-3,6-8H2,(H,25,26)(H,27,28). The lowest BCUT2D eigenvalue weighted by Gasteiger charge is -2.23. The predicted molar refractivity (Wildman–Crippen MR) is 121 cm³/mol. The van der Waals surface area contributed by atoms with Gasteiger partial charge >= 0.3 is 5.97 Å². The van der Waals surface area contributed by atoms with E-state index in [0.29, 0.717) is 44.1 Å². The summed E-state index contributed by atoms with van der Waals surface area (Å²) in [7, 11) is 0. The van der Waals surface area contributed by atoms with E-state index in [4.69, 9.17) is 27.9 Å². The number of thiophene rings is 1. The zero-order valence-corrected chi connectivity index (χ0v) is 18.3. The van der Waals surface area contributed by atoms with E-state index in [-0.39, 0.29) is 16.1 Å². The Bertz CT molecular complexity index is 1150. The van der Waals surface area contributed by atoms with Crippen LogP contribution >= 0.6 is 34.5 Å². The van der Waals surface area contributed by atoms with Crippen LogP contribution in [0.4, 0.5) is 0 Å². The number of pyridine rings is 1. The van der Waals surface area contributed by atoms with Gasteiger partial charge in [-0.2, -0.15) is 0 Å². The zero-order chi connectivity index (χ0) is 21.3. The van der Waals surface area contributed by atoms with Crippen LogP contribution in [0.1, 0.15) is 36.0 Å². The SMILES string of the molecule is O=C(O)c1cc2c(OCCC3CCCCN3)c(-c3ccc(Cl)s3)c(=O)[nH]c2cc1Cl. The fourth-order valence-corrected chi connectivity index (χ4v) is 5.07. The number of carboxylic acids is 1. The molecule has 0 radical (unpaired) electrons. The molecule has 0 bridgehead atoms. The topological polar surface area (TPSA) is 91.4 Å². The molecule has 158 valence electrons. The van der Waals surface area contributed by atoms with Crippen molar-refractivity contribution in [3.8, 4) is 16.2 Å². The molecule has 1 aliphatic heterocycles. The third kappa shape index (κ3) is 4.34. The van der Waals surface area contributed by atoms with Crippen LogP contribution in [0.25, 0.3) is 21.3 Å². The van der Waals surface area contributed by atoms with E-state index in [1.165, 1.54) is 36.3 Å². The van der Waals surface area contributed by atoms with Crippen molar-refractivity contribution in [1.29, 1.82) is 0 Å². The summed E-state index contributed by atoms with van der Waals surface area (Å²) >= 11 is 13.5. The van der Waals surface area contributed by atoms with Crippen LogP contribution in [-0.4, -0.2) is 35.3 Å². The van der Waals surface area contributed by atoms with Crippen LogP contribution < -0.4 is 15.6 Å². The summed E-state index contributed by atoms with van der Waals surface area (Å²) in [5.74, 6) is -0.798. The molecule has 1 fully saturated rings. The molecular formula is C21H20Cl2N2O4S. The fourth-order valence-electron chi connectivity index (χ4n) is 3.75. The number of hydrogen-bond acceptors (Lipinski definition) is 5. The maximum Gasteiger partial charge on any atom is 0.337 e. The van der Waals surface area contributed by atoms with E-state index >= 15 is 0 Å². The van der Waals surface area contributed by atoms with Crippen LogP contribution in [-0.2, 0) is 0 Å². The molecule has 1 saturated heterocycles. The molecule has 1 aromatic carbocycles. The van der Waals surface area contributed by atoms with Gasteiger partial charge < -0.3 is 20.1 Å². The summed E-state index contributed by atoms with van der Waals surface area (Å²) < 4.78 is 6.69. The van der Waals surface area contributed by atoms with Crippen LogP contribution in [0.5, 0.6) is 5.75 Å². The summed E-state index contributed by atoms with van der Waals surface area (Å²) in [4.78, 5) is 28.0. The second-order valence-corrected chi connectivity index (χ2v) is 9.35. The average molecular weight is 467 g/mol. The molecule has 0 aliphatic carbocycles. The van der Waals surface area contributed by atoms with Crippen molar-refractivity contribution in [2.75, 3.05) is 13.2 Å². The Labute approximate surface area is 186 Å². The van der Waals surface area contributed by atoms with Gasteiger partial charge in [-0.05, 0) is 50.1 Å². The van der Waals surface area contributed by atoms with Gasteiger partial charge in [0.1, 0.15) is 5.75 Å². The number of halogens is 2. The van der Waals surface area contributed by atoms with Gasteiger partial charge in [-0.3, -0.25) is 4.79 Å². The molecule has 30 heavy (non-hydrogen) atoms. The lowest BCUT2D eigenvalue weighted by atomic mass is 10.0. The van der Waals surface area contributed by atoms with Gasteiger partial charge in [-0.1, -0.05) is 29.6 Å². The lowest BCUT2D eigenvalue weighted by molar-refractivity contribution is 0.0697.